The van der Waals surface area contributed by atoms with Gasteiger partial charge in [0, 0.05) is 16.4 Å². The molecule has 0 saturated heterocycles. The minimum atomic E-state index is -0.637. The molecule has 1 aliphatic rings. The molecule has 1 atom stereocenters. The van der Waals surface area contributed by atoms with Crippen molar-refractivity contribution in [2.75, 3.05) is 35.5 Å². The van der Waals surface area contributed by atoms with Gasteiger partial charge in [-0.05, 0) is 50.6 Å². The number of benzene rings is 2. The lowest BCUT2D eigenvalue weighted by atomic mass is 9.86. The number of Topliss-reactive ketones (excluding diaryl/α,β-unsaturated/α-hetero) is 1. The third-order valence-corrected chi connectivity index (χ3v) is 7.01. The predicted molar refractivity (Wildman–Crippen MR) is 142 cm³/mol. The van der Waals surface area contributed by atoms with Crippen LogP contribution in [0.4, 0.5) is 0 Å². The standard InChI is InChI=1S/C28H30O8S/c1-15(2)8-11-23(37-28(31)16-12-21(34-5)27(36-7)22(13-16)35-6)17-14-18(29)24-19(32-3)9-10-20(33-4)25(24)26(17)30/h8-10,12-14,23H,11H2,1-7H3. The fraction of sp³-hybridized carbons (Fsp3) is 0.321. The lowest BCUT2D eigenvalue weighted by Crippen LogP contribution is -2.25. The van der Waals surface area contributed by atoms with E-state index in [1.54, 1.807) is 24.3 Å². The average molecular weight is 527 g/mol. The number of allylic oxidation sites excluding steroid dienone is 3. The summed E-state index contributed by atoms with van der Waals surface area (Å²) in [6, 6.07) is 6.29. The molecule has 0 bridgehead atoms. The summed E-state index contributed by atoms with van der Waals surface area (Å²) in [4.78, 5) is 40.4. The van der Waals surface area contributed by atoms with Crippen molar-refractivity contribution in [3.63, 3.8) is 0 Å². The lowest BCUT2D eigenvalue weighted by molar-refractivity contribution is 0.0977. The number of thioether (sulfide) groups is 1. The number of hydrogen-bond donors (Lipinski definition) is 0. The lowest BCUT2D eigenvalue weighted by Gasteiger charge is -2.24. The third-order valence-electron chi connectivity index (χ3n) is 5.83. The van der Waals surface area contributed by atoms with E-state index < -0.39 is 5.25 Å². The van der Waals surface area contributed by atoms with Crippen molar-refractivity contribution in [2.24, 2.45) is 0 Å². The van der Waals surface area contributed by atoms with Crippen molar-refractivity contribution < 1.29 is 38.1 Å². The van der Waals surface area contributed by atoms with Crippen LogP contribution < -0.4 is 23.7 Å². The molecule has 0 aromatic heterocycles. The predicted octanol–water partition coefficient (Wildman–Crippen LogP) is 5.33. The molecule has 0 amide bonds. The highest BCUT2D eigenvalue weighted by Gasteiger charge is 2.36. The molecule has 196 valence electrons. The molecule has 1 aliphatic carbocycles. The van der Waals surface area contributed by atoms with Gasteiger partial charge in [-0.25, -0.2) is 0 Å². The summed E-state index contributed by atoms with van der Waals surface area (Å²) in [5.41, 5.74) is 1.81. The van der Waals surface area contributed by atoms with Crippen LogP contribution in [0.15, 0.2) is 47.6 Å². The van der Waals surface area contributed by atoms with Crippen molar-refractivity contribution in [2.45, 2.75) is 25.5 Å². The van der Waals surface area contributed by atoms with Crippen molar-refractivity contribution in [1.82, 2.24) is 0 Å². The third kappa shape index (κ3) is 5.67. The Balaban J connectivity index is 2.06. The number of rotatable bonds is 10. The Morgan fingerprint density at radius 2 is 1.38 bits per heavy atom. The summed E-state index contributed by atoms with van der Waals surface area (Å²) < 4.78 is 26.8. The molecular weight excluding hydrogens is 496 g/mol. The molecule has 3 rings (SSSR count). The van der Waals surface area contributed by atoms with Crippen LogP contribution in [0.1, 0.15) is 51.3 Å². The molecule has 0 radical (unpaired) electrons. The number of carbonyl (C=O) groups is 3. The second kappa shape index (κ2) is 12.0. The Kier molecular flexibility index (Phi) is 9.04. The minimum Gasteiger partial charge on any atom is -0.496 e. The summed E-state index contributed by atoms with van der Waals surface area (Å²) in [6.07, 6.45) is 3.58. The first kappa shape index (κ1) is 27.9. The maximum Gasteiger partial charge on any atom is 0.220 e. The monoisotopic (exact) mass is 526 g/mol. The van der Waals surface area contributed by atoms with Gasteiger partial charge in [0.15, 0.2) is 23.1 Å². The van der Waals surface area contributed by atoms with Gasteiger partial charge in [-0.15, -0.1) is 0 Å². The molecule has 0 saturated carbocycles. The van der Waals surface area contributed by atoms with Gasteiger partial charge in [0.2, 0.25) is 10.9 Å². The normalized spacial score (nSPS) is 13.2. The number of hydrogen-bond acceptors (Lipinski definition) is 9. The van der Waals surface area contributed by atoms with E-state index in [-0.39, 0.29) is 44.9 Å². The highest BCUT2D eigenvalue weighted by atomic mass is 32.2. The molecule has 0 N–H and O–H groups in total. The summed E-state index contributed by atoms with van der Waals surface area (Å²) >= 11 is 0.953. The van der Waals surface area contributed by atoms with E-state index >= 15 is 0 Å². The van der Waals surface area contributed by atoms with Crippen LogP contribution in [0, 0.1) is 0 Å². The molecule has 0 spiro atoms. The molecule has 0 fully saturated rings. The van der Waals surface area contributed by atoms with Gasteiger partial charge >= 0.3 is 0 Å². The number of fused-ring (bicyclic) bond motifs is 1. The fourth-order valence-electron chi connectivity index (χ4n) is 4.01. The van der Waals surface area contributed by atoms with Gasteiger partial charge < -0.3 is 23.7 Å². The van der Waals surface area contributed by atoms with Crippen LogP contribution in [0.25, 0.3) is 0 Å². The Morgan fingerprint density at radius 1 is 0.838 bits per heavy atom. The van der Waals surface area contributed by atoms with Crippen molar-refractivity contribution in [3.8, 4) is 28.7 Å². The first-order chi connectivity index (χ1) is 17.7. The maximum absolute atomic E-state index is 13.7. The van der Waals surface area contributed by atoms with Crippen molar-refractivity contribution in [3.05, 3.63) is 64.3 Å². The quantitative estimate of drug-likeness (QED) is 0.380. The van der Waals surface area contributed by atoms with Crippen LogP contribution in [0.2, 0.25) is 0 Å². The van der Waals surface area contributed by atoms with Gasteiger partial charge in [0.1, 0.15) is 11.5 Å². The van der Waals surface area contributed by atoms with Crippen LogP contribution in [-0.4, -0.2) is 57.5 Å². The Hall–Kier alpha value is -3.72. The van der Waals surface area contributed by atoms with Crippen LogP contribution in [0.5, 0.6) is 28.7 Å². The van der Waals surface area contributed by atoms with Gasteiger partial charge in [-0.2, -0.15) is 0 Å². The van der Waals surface area contributed by atoms with E-state index in [2.05, 4.69) is 0 Å². The van der Waals surface area contributed by atoms with Crippen LogP contribution in [-0.2, 0) is 0 Å². The molecule has 9 heteroatoms. The molecule has 37 heavy (non-hydrogen) atoms. The second-order valence-electron chi connectivity index (χ2n) is 8.34. The number of ketones is 2. The van der Waals surface area contributed by atoms with Crippen molar-refractivity contribution in [1.29, 1.82) is 0 Å². The summed E-state index contributed by atoms with van der Waals surface area (Å²) in [5.74, 6) is 0.807. The summed E-state index contributed by atoms with van der Waals surface area (Å²) in [7, 11) is 7.27. The number of ether oxygens (including phenoxy) is 5. The Bertz CT molecular complexity index is 1260. The topological polar surface area (TPSA) is 97.4 Å². The minimum absolute atomic E-state index is 0.132. The molecule has 2 aromatic rings. The molecule has 1 unspecified atom stereocenters. The van der Waals surface area contributed by atoms with E-state index in [4.69, 9.17) is 23.7 Å². The zero-order valence-corrected chi connectivity index (χ0v) is 22.7. The van der Waals surface area contributed by atoms with Gasteiger partial charge in [0.25, 0.3) is 0 Å². The Labute approximate surface area is 220 Å². The van der Waals surface area contributed by atoms with E-state index in [1.807, 2.05) is 19.9 Å². The molecule has 0 heterocycles. The maximum atomic E-state index is 13.7. The highest BCUT2D eigenvalue weighted by Crippen LogP contribution is 2.42. The van der Waals surface area contributed by atoms with E-state index in [9.17, 15) is 14.4 Å². The number of carbonyl (C=O) groups excluding carboxylic acids is 3. The van der Waals surface area contributed by atoms with E-state index in [1.165, 1.54) is 41.6 Å². The van der Waals surface area contributed by atoms with Crippen molar-refractivity contribution >= 4 is 28.4 Å². The molecular formula is C28H30O8S. The summed E-state index contributed by atoms with van der Waals surface area (Å²) in [5, 5.41) is -0.960. The van der Waals surface area contributed by atoms with Gasteiger partial charge in [0.05, 0.1) is 46.7 Å². The number of methoxy groups -OCH3 is 5. The largest absolute Gasteiger partial charge is 0.496 e. The van der Waals surface area contributed by atoms with Gasteiger partial charge in [-0.3, -0.25) is 14.4 Å². The zero-order valence-electron chi connectivity index (χ0n) is 21.9. The van der Waals surface area contributed by atoms with E-state index in [0.29, 0.717) is 29.2 Å². The summed E-state index contributed by atoms with van der Waals surface area (Å²) in [6.45, 7) is 3.85. The first-order valence-electron chi connectivity index (χ1n) is 11.4. The second-order valence-corrected chi connectivity index (χ2v) is 9.51. The SMILES string of the molecule is COc1cc(C(=O)SC(CC=C(C)C)C2=CC(=O)c3c(OC)ccc(OC)c3C2=O)cc(OC)c1OC. The average Bonchev–Trinajstić information content (AvgIpc) is 2.90. The van der Waals surface area contributed by atoms with E-state index in [0.717, 1.165) is 17.3 Å². The fourth-order valence-corrected chi connectivity index (χ4v) is 5.02. The molecule has 0 aliphatic heterocycles. The van der Waals surface area contributed by atoms with Gasteiger partial charge in [-0.1, -0.05) is 23.4 Å². The zero-order chi connectivity index (χ0) is 27.3. The molecule has 2 aromatic carbocycles. The van der Waals surface area contributed by atoms with Crippen LogP contribution in [0.3, 0.4) is 0 Å². The smallest absolute Gasteiger partial charge is 0.220 e. The Morgan fingerprint density at radius 3 is 1.86 bits per heavy atom. The van der Waals surface area contributed by atoms with Crippen LogP contribution >= 0.6 is 11.8 Å². The first-order valence-corrected chi connectivity index (χ1v) is 12.3. The molecule has 8 nitrogen and oxygen atoms in total. The highest BCUT2D eigenvalue weighted by molar-refractivity contribution is 8.14.